The fourth-order valence-corrected chi connectivity index (χ4v) is 3.83. The molecule has 3 aliphatic rings. The van der Waals surface area contributed by atoms with Crippen molar-refractivity contribution in [3.8, 4) is 0 Å². The van der Waals surface area contributed by atoms with Crippen LogP contribution >= 0.6 is 0 Å². The number of fused-ring (bicyclic) bond motifs is 3. The first-order valence-electron chi connectivity index (χ1n) is 5.97. The molecule has 3 aliphatic carbocycles. The van der Waals surface area contributed by atoms with E-state index in [-0.39, 0.29) is 0 Å². The number of allylic oxidation sites excluding steroid dienone is 2. The molecule has 4 atom stereocenters. The molecule has 2 fully saturated rings. The zero-order valence-corrected chi connectivity index (χ0v) is 8.28. The smallest absolute Gasteiger partial charge is 0.0168 e. The largest absolute Gasteiger partial charge is 0.0882 e. The first-order chi connectivity index (χ1) is 6.45. The van der Waals surface area contributed by atoms with Gasteiger partial charge in [0.05, 0.1) is 0 Å². The summed E-state index contributed by atoms with van der Waals surface area (Å²) in [6.45, 7) is 0. The Morgan fingerprint density at radius 1 is 0.923 bits per heavy atom. The molecule has 0 saturated heterocycles. The van der Waals surface area contributed by atoms with E-state index in [4.69, 9.17) is 0 Å². The molecule has 0 bridgehead atoms. The molecule has 0 spiro atoms. The number of rotatable bonds is 0. The second kappa shape index (κ2) is 3.15. The molecular weight excluding hydrogens is 156 g/mol. The van der Waals surface area contributed by atoms with E-state index in [2.05, 4.69) is 18.6 Å². The molecule has 0 N–H and O–H groups in total. The molecule has 3 rings (SSSR count). The summed E-state index contributed by atoms with van der Waals surface area (Å²) in [6.07, 6.45) is 16.4. The van der Waals surface area contributed by atoms with Crippen LogP contribution in [0.5, 0.6) is 0 Å². The highest BCUT2D eigenvalue weighted by molar-refractivity contribution is 5.13. The van der Waals surface area contributed by atoms with Gasteiger partial charge >= 0.3 is 0 Å². The fraction of sp³-hybridized carbons (Fsp3) is 0.769. The maximum Gasteiger partial charge on any atom is -0.0168 e. The molecule has 1 radical (unpaired) electrons. The summed E-state index contributed by atoms with van der Waals surface area (Å²) < 4.78 is 0. The summed E-state index contributed by atoms with van der Waals surface area (Å²) in [5.41, 5.74) is 0. The van der Waals surface area contributed by atoms with Crippen molar-refractivity contribution in [3.05, 3.63) is 18.6 Å². The van der Waals surface area contributed by atoms with Crippen LogP contribution in [0.1, 0.15) is 38.5 Å². The lowest BCUT2D eigenvalue weighted by Crippen LogP contribution is -2.21. The van der Waals surface area contributed by atoms with Crippen LogP contribution in [-0.2, 0) is 0 Å². The predicted molar refractivity (Wildman–Crippen MR) is 55.1 cm³/mol. The third-order valence-electron chi connectivity index (χ3n) is 4.41. The van der Waals surface area contributed by atoms with E-state index < -0.39 is 0 Å². The summed E-state index contributed by atoms with van der Waals surface area (Å²) in [4.78, 5) is 0. The summed E-state index contributed by atoms with van der Waals surface area (Å²) in [7, 11) is 0. The van der Waals surface area contributed by atoms with Gasteiger partial charge < -0.3 is 0 Å². The minimum atomic E-state index is 0.863. The average Bonchev–Trinajstić information content (AvgIpc) is 2.56. The third-order valence-corrected chi connectivity index (χ3v) is 4.41. The maximum atomic E-state index is 2.67. The standard InChI is InChI=1S/C13H19/c1-3-7-12-10(5-1)9-11-6-2-4-8-13(11)12/h1,5,9-13H,2-4,6-8H2. The lowest BCUT2D eigenvalue weighted by atomic mass is 9.75. The van der Waals surface area contributed by atoms with E-state index in [1.807, 2.05) is 0 Å². The Balaban J connectivity index is 1.81. The molecule has 0 aromatic carbocycles. The lowest BCUT2D eigenvalue weighted by molar-refractivity contribution is 0.217. The molecule has 0 aromatic rings. The van der Waals surface area contributed by atoms with Crippen LogP contribution in [0.25, 0.3) is 0 Å². The fourth-order valence-electron chi connectivity index (χ4n) is 3.83. The van der Waals surface area contributed by atoms with Crippen molar-refractivity contribution in [2.45, 2.75) is 38.5 Å². The Hall–Kier alpha value is -0.260. The van der Waals surface area contributed by atoms with Gasteiger partial charge in [-0.25, -0.2) is 0 Å². The Kier molecular flexibility index (Phi) is 1.96. The molecule has 0 aliphatic heterocycles. The lowest BCUT2D eigenvalue weighted by Gasteiger charge is -2.30. The normalized spacial score (nSPS) is 48.6. The van der Waals surface area contributed by atoms with Gasteiger partial charge in [-0.1, -0.05) is 25.0 Å². The minimum absolute atomic E-state index is 0.863. The monoisotopic (exact) mass is 175 g/mol. The Bertz CT molecular complexity index is 216. The SMILES string of the molecule is [CH]1C2C=CCCC2C2CCCCC12. The van der Waals surface area contributed by atoms with E-state index in [0.29, 0.717) is 0 Å². The Morgan fingerprint density at radius 2 is 1.85 bits per heavy atom. The van der Waals surface area contributed by atoms with Crippen LogP contribution < -0.4 is 0 Å². The molecule has 4 unspecified atom stereocenters. The molecule has 0 heteroatoms. The zero-order chi connectivity index (χ0) is 8.67. The quantitative estimate of drug-likeness (QED) is 0.493. The number of hydrogen-bond donors (Lipinski definition) is 0. The van der Waals surface area contributed by atoms with Gasteiger partial charge in [0.1, 0.15) is 0 Å². The van der Waals surface area contributed by atoms with E-state index in [0.717, 1.165) is 23.7 Å². The Labute approximate surface area is 81.4 Å². The predicted octanol–water partition coefficient (Wildman–Crippen LogP) is 3.59. The first kappa shape index (κ1) is 8.08. The van der Waals surface area contributed by atoms with Gasteiger partial charge in [0.2, 0.25) is 0 Å². The highest BCUT2D eigenvalue weighted by Crippen LogP contribution is 2.51. The van der Waals surface area contributed by atoms with Crippen molar-refractivity contribution in [1.82, 2.24) is 0 Å². The van der Waals surface area contributed by atoms with Gasteiger partial charge in [0.25, 0.3) is 0 Å². The van der Waals surface area contributed by atoms with Crippen LogP contribution in [0.4, 0.5) is 0 Å². The molecule has 0 aromatic heterocycles. The average molecular weight is 175 g/mol. The molecule has 2 saturated carbocycles. The number of hydrogen-bond acceptors (Lipinski definition) is 0. The van der Waals surface area contributed by atoms with Gasteiger partial charge in [0.15, 0.2) is 0 Å². The summed E-state index contributed by atoms with van der Waals surface area (Å²) >= 11 is 0. The first-order valence-corrected chi connectivity index (χ1v) is 5.97. The van der Waals surface area contributed by atoms with Gasteiger partial charge in [0, 0.05) is 0 Å². The van der Waals surface area contributed by atoms with Crippen LogP contribution in [-0.4, -0.2) is 0 Å². The summed E-state index contributed by atoms with van der Waals surface area (Å²) in [5.74, 6) is 3.97. The van der Waals surface area contributed by atoms with Crippen molar-refractivity contribution in [3.63, 3.8) is 0 Å². The van der Waals surface area contributed by atoms with Crippen LogP contribution in [0.2, 0.25) is 0 Å². The molecule has 0 nitrogen and oxygen atoms in total. The molecule has 0 amide bonds. The second-order valence-corrected chi connectivity index (χ2v) is 5.05. The van der Waals surface area contributed by atoms with E-state index in [9.17, 15) is 0 Å². The van der Waals surface area contributed by atoms with Crippen molar-refractivity contribution in [2.24, 2.45) is 23.7 Å². The van der Waals surface area contributed by atoms with E-state index >= 15 is 0 Å². The van der Waals surface area contributed by atoms with Gasteiger partial charge in [-0.15, -0.1) is 0 Å². The highest BCUT2D eigenvalue weighted by atomic mass is 14.5. The van der Waals surface area contributed by atoms with Crippen LogP contribution in [0.15, 0.2) is 12.2 Å². The van der Waals surface area contributed by atoms with Gasteiger partial charge in [-0.05, 0) is 55.8 Å². The maximum absolute atomic E-state index is 2.67. The topological polar surface area (TPSA) is 0 Å². The van der Waals surface area contributed by atoms with Crippen LogP contribution in [0.3, 0.4) is 0 Å². The molecule has 71 valence electrons. The molecule has 13 heavy (non-hydrogen) atoms. The van der Waals surface area contributed by atoms with Crippen LogP contribution in [0, 0.1) is 30.1 Å². The molecule has 0 heterocycles. The third kappa shape index (κ3) is 1.26. The zero-order valence-electron chi connectivity index (χ0n) is 8.28. The van der Waals surface area contributed by atoms with Gasteiger partial charge in [-0.3, -0.25) is 0 Å². The van der Waals surface area contributed by atoms with Gasteiger partial charge in [-0.2, -0.15) is 0 Å². The summed E-state index contributed by atoms with van der Waals surface area (Å²) in [6, 6.07) is 0. The van der Waals surface area contributed by atoms with Crippen molar-refractivity contribution in [2.75, 3.05) is 0 Å². The molecular formula is C13H19. The van der Waals surface area contributed by atoms with E-state index in [1.165, 1.54) is 38.5 Å². The Morgan fingerprint density at radius 3 is 2.85 bits per heavy atom. The highest BCUT2D eigenvalue weighted by Gasteiger charge is 2.43. The summed E-state index contributed by atoms with van der Waals surface area (Å²) in [5, 5.41) is 0. The second-order valence-electron chi connectivity index (χ2n) is 5.05. The van der Waals surface area contributed by atoms with E-state index in [1.54, 1.807) is 0 Å². The van der Waals surface area contributed by atoms with Crippen molar-refractivity contribution < 1.29 is 0 Å². The van der Waals surface area contributed by atoms with Crippen molar-refractivity contribution in [1.29, 1.82) is 0 Å². The minimum Gasteiger partial charge on any atom is -0.0882 e. The van der Waals surface area contributed by atoms with Crippen molar-refractivity contribution >= 4 is 0 Å².